The molecule has 0 unspecified atom stereocenters. The minimum absolute atomic E-state index is 0.380. The van der Waals surface area contributed by atoms with Gasteiger partial charge in [-0.15, -0.1) is 9.19 Å². The van der Waals surface area contributed by atoms with Gasteiger partial charge in [-0.25, -0.2) is 13.3 Å². The number of benzene rings is 1. The van der Waals surface area contributed by atoms with E-state index in [0.717, 1.165) is 10.3 Å². The van der Waals surface area contributed by atoms with E-state index in [0.29, 0.717) is 16.7 Å². The first-order chi connectivity index (χ1) is 7.02. The normalized spacial score (nSPS) is 11.5. The molecule has 76 valence electrons. The molecule has 0 aliphatic heterocycles. The Morgan fingerprint density at radius 1 is 1.47 bits per heavy atom. The fraction of sp³-hybridized carbons (Fsp3) is 0.125. The monoisotopic (exact) mass is 222 g/mol. The van der Waals surface area contributed by atoms with Crippen molar-refractivity contribution >= 4 is 26.7 Å². The van der Waals surface area contributed by atoms with E-state index in [4.69, 9.17) is 6.57 Å². The number of hydrogen-bond donors (Lipinski definition) is 0. The summed E-state index contributed by atoms with van der Waals surface area (Å²) in [6.07, 6.45) is 1.05. The highest BCUT2D eigenvalue weighted by Crippen LogP contribution is 2.19. The van der Waals surface area contributed by atoms with Gasteiger partial charge in [0.1, 0.15) is 11.0 Å². The van der Waals surface area contributed by atoms with Gasteiger partial charge in [-0.3, -0.25) is 0 Å². The summed E-state index contributed by atoms with van der Waals surface area (Å²) in [5, 5.41) is 7.20. The summed E-state index contributed by atoms with van der Waals surface area (Å²) >= 11 is 0. The highest BCUT2D eigenvalue weighted by molar-refractivity contribution is 7.89. The molecule has 6 nitrogen and oxygen atoms in total. The molecular formula is C8H6N4O2S. The smallest absolute Gasteiger partial charge is 0.238 e. The van der Waals surface area contributed by atoms with E-state index >= 15 is 0 Å². The maximum absolute atomic E-state index is 11.3. The molecule has 0 aliphatic rings. The lowest BCUT2D eigenvalue weighted by Gasteiger charge is -1.96. The van der Waals surface area contributed by atoms with Crippen molar-refractivity contribution in [2.75, 3.05) is 6.26 Å². The van der Waals surface area contributed by atoms with Gasteiger partial charge in [0.2, 0.25) is 0 Å². The average Bonchev–Trinajstić information content (AvgIpc) is 2.59. The Morgan fingerprint density at radius 2 is 2.20 bits per heavy atom. The van der Waals surface area contributed by atoms with E-state index in [2.05, 4.69) is 15.2 Å². The summed E-state index contributed by atoms with van der Waals surface area (Å²) in [5.41, 5.74) is 1.18. The summed E-state index contributed by atoms with van der Waals surface area (Å²) < 4.78 is 23.4. The van der Waals surface area contributed by atoms with Crippen LogP contribution in [0.5, 0.6) is 0 Å². The van der Waals surface area contributed by atoms with Gasteiger partial charge in [-0.2, -0.15) is 0 Å². The Labute approximate surface area is 86.0 Å². The van der Waals surface area contributed by atoms with Gasteiger partial charge in [-0.05, 0) is 12.1 Å². The van der Waals surface area contributed by atoms with Crippen LogP contribution in [-0.2, 0) is 10.0 Å². The molecule has 0 N–H and O–H groups in total. The molecule has 0 spiro atoms. The molecule has 2 rings (SSSR count). The minimum Gasteiger partial charge on any atom is -0.238 e. The lowest BCUT2D eigenvalue weighted by atomic mass is 10.3. The zero-order valence-corrected chi connectivity index (χ0v) is 8.56. The van der Waals surface area contributed by atoms with Crippen LogP contribution in [0.25, 0.3) is 15.9 Å². The predicted octanol–water partition coefficient (Wildman–Crippen LogP) is 0.790. The van der Waals surface area contributed by atoms with Gasteiger partial charge >= 0.3 is 0 Å². The largest absolute Gasteiger partial charge is 0.252 e. The third-order valence-corrected chi connectivity index (χ3v) is 2.74. The van der Waals surface area contributed by atoms with Crippen molar-refractivity contribution < 1.29 is 8.42 Å². The maximum atomic E-state index is 11.3. The minimum atomic E-state index is -3.44. The van der Waals surface area contributed by atoms with Gasteiger partial charge in [0.25, 0.3) is 10.0 Å². The molecule has 0 aliphatic carbocycles. The van der Waals surface area contributed by atoms with Crippen molar-refractivity contribution in [3.8, 4) is 0 Å². The number of aromatic nitrogens is 3. The molecule has 2 aromatic rings. The molecule has 1 heterocycles. The van der Waals surface area contributed by atoms with Crippen molar-refractivity contribution in [2.45, 2.75) is 0 Å². The van der Waals surface area contributed by atoms with Crippen LogP contribution in [-0.4, -0.2) is 29.1 Å². The maximum Gasteiger partial charge on any atom is 0.252 e. The second-order valence-corrected chi connectivity index (χ2v) is 4.79. The Bertz CT molecular complexity index is 665. The molecule has 0 radical (unpaired) electrons. The fourth-order valence-electron chi connectivity index (χ4n) is 1.21. The highest BCUT2D eigenvalue weighted by Gasteiger charge is 2.12. The number of nitrogens with zero attached hydrogens (tertiary/aromatic N) is 4. The first-order valence-electron chi connectivity index (χ1n) is 3.96. The summed E-state index contributed by atoms with van der Waals surface area (Å²) in [5.74, 6) is 0. The predicted molar refractivity (Wildman–Crippen MR) is 54.0 cm³/mol. The van der Waals surface area contributed by atoms with Gasteiger partial charge < -0.3 is 0 Å². The lowest BCUT2D eigenvalue weighted by molar-refractivity contribution is 0.586. The Kier molecular flexibility index (Phi) is 1.94. The lowest BCUT2D eigenvalue weighted by Crippen LogP contribution is -2.11. The van der Waals surface area contributed by atoms with E-state index in [1.165, 1.54) is 18.2 Å². The van der Waals surface area contributed by atoms with Crippen LogP contribution in [0.2, 0.25) is 0 Å². The molecule has 1 aromatic carbocycles. The van der Waals surface area contributed by atoms with Crippen molar-refractivity contribution in [3.63, 3.8) is 0 Å². The number of rotatable bonds is 1. The molecule has 0 saturated heterocycles. The number of fused-ring (bicyclic) bond motifs is 1. The molecule has 15 heavy (non-hydrogen) atoms. The van der Waals surface area contributed by atoms with Crippen molar-refractivity contribution in [1.82, 2.24) is 14.4 Å². The third kappa shape index (κ3) is 1.55. The zero-order chi connectivity index (χ0) is 11.1. The SMILES string of the molecule is [C-]#[N+]c1ccc2c(c1)nnn2S(C)(=O)=O. The van der Waals surface area contributed by atoms with E-state index in [1.807, 2.05) is 0 Å². The van der Waals surface area contributed by atoms with Crippen LogP contribution in [0.1, 0.15) is 0 Å². The highest BCUT2D eigenvalue weighted by atomic mass is 32.2. The Balaban J connectivity index is 2.80. The van der Waals surface area contributed by atoms with Gasteiger partial charge in [0, 0.05) is 0 Å². The molecule has 7 heteroatoms. The molecule has 1 aromatic heterocycles. The molecular weight excluding hydrogens is 216 g/mol. The summed E-state index contributed by atoms with van der Waals surface area (Å²) in [6.45, 7) is 6.80. The quantitative estimate of drug-likeness (QED) is 0.669. The molecule has 0 amide bonds. The van der Waals surface area contributed by atoms with Crippen LogP contribution in [0.3, 0.4) is 0 Å². The summed E-state index contributed by atoms with van der Waals surface area (Å²) in [4.78, 5) is 3.22. The van der Waals surface area contributed by atoms with Crippen LogP contribution in [0, 0.1) is 6.57 Å². The fourth-order valence-corrected chi connectivity index (χ4v) is 1.89. The summed E-state index contributed by atoms with van der Waals surface area (Å²) in [7, 11) is -3.44. The average molecular weight is 222 g/mol. The summed E-state index contributed by atoms with van der Waals surface area (Å²) in [6, 6.07) is 4.54. The third-order valence-electron chi connectivity index (χ3n) is 1.84. The van der Waals surface area contributed by atoms with Crippen LogP contribution in [0.4, 0.5) is 5.69 Å². The van der Waals surface area contributed by atoms with Gasteiger partial charge in [-0.1, -0.05) is 11.3 Å². The second kappa shape index (κ2) is 3.03. The van der Waals surface area contributed by atoms with E-state index in [9.17, 15) is 8.42 Å². The van der Waals surface area contributed by atoms with Crippen molar-refractivity contribution in [1.29, 1.82) is 0 Å². The van der Waals surface area contributed by atoms with E-state index < -0.39 is 10.0 Å². The zero-order valence-electron chi connectivity index (χ0n) is 7.75. The van der Waals surface area contributed by atoms with E-state index in [1.54, 1.807) is 0 Å². The van der Waals surface area contributed by atoms with Gasteiger partial charge in [0.15, 0.2) is 5.69 Å². The second-order valence-electron chi connectivity index (χ2n) is 2.98. The Hall–Kier alpha value is -1.94. The topological polar surface area (TPSA) is 69.2 Å². The Morgan fingerprint density at radius 3 is 2.80 bits per heavy atom. The molecule has 0 saturated carbocycles. The van der Waals surface area contributed by atoms with Crippen molar-refractivity contribution in [2.24, 2.45) is 0 Å². The molecule has 0 bridgehead atoms. The van der Waals surface area contributed by atoms with Crippen LogP contribution in [0.15, 0.2) is 18.2 Å². The van der Waals surface area contributed by atoms with Crippen molar-refractivity contribution in [3.05, 3.63) is 29.6 Å². The van der Waals surface area contributed by atoms with Crippen LogP contribution < -0.4 is 0 Å². The first-order valence-corrected chi connectivity index (χ1v) is 5.80. The molecule has 0 fully saturated rings. The number of hydrogen-bond acceptors (Lipinski definition) is 4. The van der Waals surface area contributed by atoms with Gasteiger partial charge in [0.05, 0.1) is 12.8 Å². The first kappa shape index (κ1) is 9.61. The van der Waals surface area contributed by atoms with E-state index in [-0.39, 0.29) is 0 Å². The van der Waals surface area contributed by atoms with Crippen LogP contribution >= 0.6 is 0 Å². The molecule has 0 atom stereocenters. The standard InChI is InChI=1S/C8H6N4O2S/c1-9-6-3-4-8-7(5-6)10-11-12(8)15(2,13)14/h3-5H,2H3.